The van der Waals surface area contributed by atoms with E-state index in [9.17, 15) is 0 Å². The van der Waals surface area contributed by atoms with Crippen LogP contribution in [0.3, 0.4) is 0 Å². The zero-order valence-electron chi connectivity index (χ0n) is 70.2. The first-order valence-electron chi connectivity index (χ1n) is 43.6. The van der Waals surface area contributed by atoms with Gasteiger partial charge in [0.05, 0.1) is 22.1 Å². The van der Waals surface area contributed by atoms with Gasteiger partial charge in [-0.15, -0.1) is 0 Å². The molecule has 0 unspecified atom stereocenters. The average molecular weight is 1640 g/mol. The van der Waals surface area contributed by atoms with Gasteiger partial charge in [-0.05, 0) is 300 Å². The second-order valence-corrected chi connectivity index (χ2v) is 32.1. The summed E-state index contributed by atoms with van der Waals surface area (Å²) in [5.41, 5.74) is 32.7. The second kappa shape index (κ2) is 34.3. The van der Waals surface area contributed by atoms with Crippen molar-refractivity contribution in [3.8, 4) is 44.8 Å². The van der Waals surface area contributed by atoms with Gasteiger partial charge in [0.15, 0.2) is 0 Å². The predicted molar refractivity (Wildman–Crippen MR) is 540 cm³/mol. The summed E-state index contributed by atoms with van der Waals surface area (Å²) in [6.45, 7) is 0. The van der Waals surface area contributed by atoms with Gasteiger partial charge in [0.1, 0.15) is 0 Å². The lowest BCUT2D eigenvalue weighted by molar-refractivity contribution is 1.18. The zero-order valence-corrected chi connectivity index (χ0v) is 70.2. The third-order valence-corrected chi connectivity index (χ3v) is 24.4. The lowest BCUT2D eigenvalue weighted by Crippen LogP contribution is -2.13. The fourth-order valence-electron chi connectivity index (χ4n) is 18.4. The third-order valence-electron chi connectivity index (χ3n) is 24.4. The maximum absolute atomic E-state index is 2.40. The Kier molecular flexibility index (Phi) is 20.6. The number of para-hydroxylation sites is 9. The van der Waals surface area contributed by atoms with E-state index >= 15 is 0 Å². The van der Waals surface area contributed by atoms with Gasteiger partial charge in [0, 0.05) is 135 Å². The van der Waals surface area contributed by atoms with Gasteiger partial charge in [-0.1, -0.05) is 255 Å². The summed E-state index contributed by atoms with van der Waals surface area (Å²) in [7, 11) is 0. The van der Waals surface area contributed by atoms with Crippen molar-refractivity contribution in [1.82, 2.24) is 9.13 Å². The fraction of sp³-hybridized carbons (Fsp3) is 0. The molecule has 2 heterocycles. The Labute approximate surface area is 746 Å². The fourth-order valence-corrected chi connectivity index (χ4v) is 18.4. The van der Waals surface area contributed by atoms with Crippen LogP contribution in [-0.2, 0) is 0 Å². The minimum absolute atomic E-state index is 1.02. The lowest BCUT2D eigenvalue weighted by Gasteiger charge is -2.30. The SMILES string of the molecule is c1ccc(-c2ccc(N(c3ccc(N(c4ccccc4)c4ccc(-c5ccc(N(c6ccc(-c7ccc(N(c8ccccc8)c8ccc9c(c8)c8ccccc8n9-c8ccccc8)cc7)cc6)c6ccc7c(c6)c6ccccc6n7-c6ccccc6)cc5)cc4)cc3)c3ccc(N(c4ccccc4)c4ccc(N(c5ccccc5)c5ccccc5)cc4)cc3)cc2)cc1. The van der Waals surface area contributed by atoms with Crippen molar-refractivity contribution in [2.75, 3.05) is 29.4 Å². The van der Waals surface area contributed by atoms with Crippen LogP contribution in [0, 0.1) is 0 Å². The van der Waals surface area contributed by atoms with Crippen molar-refractivity contribution in [3.05, 3.63) is 522 Å². The molecule has 0 radical (unpaired) electrons. The van der Waals surface area contributed by atoms with Crippen molar-refractivity contribution in [1.29, 1.82) is 0 Å². The highest BCUT2D eigenvalue weighted by molar-refractivity contribution is 6.12. The van der Waals surface area contributed by atoms with Crippen LogP contribution in [0.5, 0.6) is 0 Å². The van der Waals surface area contributed by atoms with E-state index in [0.29, 0.717) is 0 Å². The molecule has 0 aliphatic carbocycles. The number of nitrogens with zero attached hydrogens (tertiary/aromatic N) is 8. The highest BCUT2D eigenvalue weighted by Gasteiger charge is 2.25. The molecule has 0 atom stereocenters. The molecule has 8 nitrogen and oxygen atoms in total. The van der Waals surface area contributed by atoms with Crippen molar-refractivity contribution in [2.45, 2.75) is 0 Å². The summed E-state index contributed by atoms with van der Waals surface area (Å²) in [6, 6.07) is 188. The van der Waals surface area contributed by atoms with E-state index in [1.165, 1.54) is 38.1 Å². The molecule has 0 saturated heterocycles. The summed E-state index contributed by atoms with van der Waals surface area (Å²) in [4.78, 5) is 14.1. The van der Waals surface area contributed by atoms with Crippen LogP contribution in [0.15, 0.2) is 522 Å². The third kappa shape index (κ3) is 15.0. The van der Waals surface area contributed by atoms with Crippen LogP contribution in [0.4, 0.5) is 102 Å². The molecule has 0 bridgehead atoms. The molecule has 8 heteroatoms. The number of aromatic nitrogens is 2. The molecule has 0 aliphatic heterocycles. The molecule has 0 spiro atoms. The number of anilines is 18. The molecule has 22 rings (SSSR count). The molecule has 22 aromatic rings. The molecule has 2 aromatic heterocycles. The topological polar surface area (TPSA) is 29.3 Å². The van der Waals surface area contributed by atoms with E-state index in [4.69, 9.17) is 0 Å². The quantitative estimate of drug-likeness (QED) is 0.0634. The van der Waals surface area contributed by atoms with Gasteiger partial charge in [-0.25, -0.2) is 0 Å². The summed E-state index contributed by atoms with van der Waals surface area (Å²) < 4.78 is 4.76. The van der Waals surface area contributed by atoms with Gasteiger partial charge in [0.2, 0.25) is 0 Å². The smallest absolute Gasteiger partial charge is 0.0542 e. The van der Waals surface area contributed by atoms with Gasteiger partial charge in [0.25, 0.3) is 0 Å². The van der Waals surface area contributed by atoms with Crippen molar-refractivity contribution < 1.29 is 0 Å². The van der Waals surface area contributed by atoms with E-state index in [1.54, 1.807) is 0 Å². The number of rotatable bonds is 23. The van der Waals surface area contributed by atoms with E-state index in [0.717, 1.165) is 153 Å². The summed E-state index contributed by atoms with van der Waals surface area (Å²) in [5.74, 6) is 0. The molecule has 128 heavy (non-hydrogen) atoms. The first-order chi connectivity index (χ1) is 63.5. The van der Waals surface area contributed by atoms with Crippen LogP contribution in [0.25, 0.3) is 88.4 Å². The molecule has 0 amide bonds. The van der Waals surface area contributed by atoms with Crippen molar-refractivity contribution >= 4 is 146 Å². The number of hydrogen-bond donors (Lipinski definition) is 0. The number of benzene rings is 20. The van der Waals surface area contributed by atoms with E-state index in [2.05, 4.69) is 560 Å². The van der Waals surface area contributed by atoms with Crippen LogP contribution >= 0.6 is 0 Å². The average Bonchev–Trinajstić information content (AvgIpc) is 1.82. The summed E-state index contributed by atoms with van der Waals surface area (Å²) >= 11 is 0. The van der Waals surface area contributed by atoms with E-state index in [1.807, 2.05) is 0 Å². The van der Waals surface area contributed by atoms with E-state index < -0.39 is 0 Å². The Hall–Kier alpha value is -17.2. The first-order valence-corrected chi connectivity index (χ1v) is 43.6. The lowest BCUT2D eigenvalue weighted by atomic mass is 10.0. The zero-order chi connectivity index (χ0) is 85.1. The molecule has 606 valence electrons. The molecule has 0 aliphatic rings. The normalized spacial score (nSPS) is 11.3. The van der Waals surface area contributed by atoms with E-state index in [-0.39, 0.29) is 0 Å². The molecule has 0 N–H and O–H groups in total. The minimum atomic E-state index is 1.02. The van der Waals surface area contributed by atoms with Crippen molar-refractivity contribution in [3.63, 3.8) is 0 Å². The number of hydrogen-bond acceptors (Lipinski definition) is 6. The predicted octanol–water partition coefficient (Wildman–Crippen LogP) is 33.7. The highest BCUT2D eigenvalue weighted by Crippen LogP contribution is 2.48. The maximum Gasteiger partial charge on any atom is 0.0542 e. The minimum Gasteiger partial charge on any atom is -0.311 e. The van der Waals surface area contributed by atoms with Crippen LogP contribution in [0.1, 0.15) is 0 Å². The Morgan fingerprint density at radius 3 is 0.500 bits per heavy atom. The second-order valence-electron chi connectivity index (χ2n) is 32.1. The van der Waals surface area contributed by atoms with Gasteiger partial charge in [-0.2, -0.15) is 0 Å². The highest BCUT2D eigenvalue weighted by atomic mass is 15.2. The van der Waals surface area contributed by atoms with Gasteiger partial charge < -0.3 is 38.5 Å². The molecule has 0 saturated carbocycles. The Balaban J connectivity index is 0.570. The first kappa shape index (κ1) is 76.9. The van der Waals surface area contributed by atoms with Crippen LogP contribution in [0.2, 0.25) is 0 Å². The summed E-state index contributed by atoms with van der Waals surface area (Å²) in [5, 5.41) is 4.80. The van der Waals surface area contributed by atoms with Gasteiger partial charge in [-0.3, -0.25) is 0 Å². The summed E-state index contributed by atoms with van der Waals surface area (Å²) in [6.07, 6.45) is 0. The Morgan fingerprint density at radius 1 is 0.109 bits per heavy atom. The van der Waals surface area contributed by atoms with Crippen LogP contribution in [-0.4, -0.2) is 9.13 Å². The van der Waals surface area contributed by atoms with Gasteiger partial charge >= 0.3 is 0 Å². The maximum atomic E-state index is 2.40. The molecular formula is C120H86N8. The Bertz CT molecular complexity index is 7540. The van der Waals surface area contributed by atoms with Crippen molar-refractivity contribution in [2.24, 2.45) is 0 Å². The number of fused-ring (bicyclic) bond motifs is 6. The van der Waals surface area contributed by atoms with Crippen LogP contribution < -0.4 is 29.4 Å². The standard InChI is InChI=1S/C120H86N8/c1-9-29-87(30-10-1)88-49-59-101(60-50-88)124(110-79-75-108(76-80-110)123(96-37-17-5-18-38-96)107-71-69-105(70-72-107)121(93-31-11-2-12-32-93)94-33-13-3-14-34-94)109-77-73-106(74-78-109)122(95-35-15-4-16-36-95)100-61-51-89(52-62-100)91-55-65-103(66-56-91)126(112-82-84-120-116(86-112)114-46-26-28-48-118(114)128(120)99-43-23-8-24-44-99)104-67-57-92(58-68-104)90-53-63-102(64-54-90)125(97-39-19-6-20-40-97)111-81-83-119-115(85-111)113-45-25-27-47-117(113)127(119)98-41-21-7-22-42-98/h1-86H. The Morgan fingerprint density at radius 2 is 0.266 bits per heavy atom. The monoisotopic (exact) mass is 1640 g/mol. The molecule has 0 fully saturated rings. The molecular weight excluding hydrogens is 1550 g/mol. The molecule has 20 aromatic carbocycles. The largest absolute Gasteiger partial charge is 0.311 e.